The maximum Gasteiger partial charge on any atom is 0.305 e. The zero-order chi connectivity index (χ0) is 14.9. The summed E-state index contributed by atoms with van der Waals surface area (Å²) in [5, 5.41) is 14.0. The van der Waals surface area contributed by atoms with Crippen LogP contribution in [0.5, 0.6) is 0 Å². The Bertz CT molecular complexity index is 555. The molecule has 0 saturated carbocycles. The van der Waals surface area contributed by atoms with E-state index < -0.39 is 4.92 Å². The topological polar surface area (TPSA) is 75.5 Å². The molecule has 2 rings (SSSR count). The molecule has 1 amide bonds. The first-order valence-corrected chi connectivity index (χ1v) is 6.65. The summed E-state index contributed by atoms with van der Waals surface area (Å²) < 4.78 is 0. The first kappa shape index (κ1) is 14.3. The van der Waals surface area contributed by atoms with Gasteiger partial charge in [0.05, 0.1) is 4.92 Å². The summed E-state index contributed by atoms with van der Waals surface area (Å²) in [5.74, 6) is -0.267. The van der Waals surface area contributed by atoms with Crippen LogP contribution in [0.2, 0.25) is 0 Å². The molecule has 1 aromatic rings. The van der Waals surface area contributed by atoms with Gasteiger partial charge in [0.1, 0.15) is 11.3 Å². The molecule has 1 aromatic carbocycles. The molecule has 1 aliphatic rings. The molecule has 0 atom stereocenters. The van der Waals surface area contributed by atoms with Crippen molar-refractivity contribution in [3.05, 3.63) is 33.9 Å². The molecule has 1 N–H and O–H groups in total. The van der Waals surface area contributed by atoms with Crippen molar-refractivity contribution in [1.29, 1.82) is 0 Å². The predicted molar refractivity (Wildman–Crippen MR) is 77.0 cm³/mol. The largest absolute Gasteiger partial charge is 0.383 e. The lowest BCUT2D eigenvalue weighted by atomic mass is 10.0. The van der Waals surface area contributed by atoms with Crippen molar-refractivity contribution in [2.75, 3.05) is 18.9 Å². The van der Waals surface area contributed by atoms with Gasteiger partial charge in [-0.15, -0.1) is 0 Å². The van der Waals surface area contributed by atoms with Crippen LogP contribution in [0.1, 0.15) is 37.0 Å². The maximum atomic E-state index is 12.6. The van der Waals surface area contributed by atoms with Crippen molar-refractivity contribution in [3.63, 3.8) is 0 Å². The molecule has 0 bridgehead atoms. The van der Waals surface area contributed by atoms with Crippen LogP contribution in [-0.2, 0) is 0 Å². The summed E-state index contributed by atoms with van der Waals surface area (Å²) in [5.41, 5.74) is 0.109. The SMILES string of the molecule is CNc1cccc(C(=O)N2CCCC2(C)C)c1[N+](=O)[O-]. The Balaban J connectivity index is 2.47. The number of likely N-dealkylation sites (tertiary alicyclic amines) is 1. The lowest BCUT2D eigenvalue weighted by Crippen LogP contribution is -2.42. The number of carbonyl (C=O) groups is 1. The smallest absolute Gasteiger partial charge is 0.305 e. The Morgan fingerprint density at radius 1 is 1.45 bits per heavy atom. The standard InChI is InChI=1S/C14H19N3O3/c1-14(2)8-5-9-16(14)13(18)10-6-4-7-11(15-3)12(10)17(19)20/h4,6-7,15H,5,8-9H2,1-3H3. The Morgan fingerprint density at radius 2 is 2.15 bits per heavy atom. The number of hydrogen-bond acceptors (Lipinski definition) is 4. The van der Waals surface area contributed by atoms with Crippen LogP contribution in [0.4, 0.5) is 11.4 Å². The summed E-state index contributed by atoms with van der Waals surface area (Å²) in [6.07, 6.45) is 1.84. The minimum absolute atomic E-state index is 0.150. The van der Waals surface area contributed by atoms with E-state index in [-0.39, 0.29) is 22.7 Å². The second kappa shape index (κ2) is 5.11. The molecule has 1 fully saturated rings. The summed E-state index contributed by atoms with van der Waals surface area (Å²) in [6.45, 7) is 4.63. The molecular weight excluding hydrogens is 258 g/mol. The fourth-order valence-electron chi connectivity index (χ4n) is 2.74. The lowest BCUT2D eigenvalue weighted by Gasteiger charge is -2.31. The van der Waals surface area contributed by atoms with E-state index in [0.29, 0.717) is 12.2 Å². The third-order valence-corrected chi connectivity index (χ3v) is 3.86. The Hall–Kier alpha value is -2.11. The molecular formula is C14H19N3O3. The van der Waals surface area contributed by atoms with Gasteiger partial charge in [-0.1, -0.05) is 6.07 Å². The third-order valence-electron chi connectivity index (χ3n) is 3.86. The highest BCUT2D eigenvalue weighted by molar-refractivity contribution is 6.01. The van der Waals surface area contributed by atoms with Gasteiger partial charge in [-0.3, -0.25) is 14.9 Å². The van der Waals surface area contributed by atoms with Crippen LogP contribution in [0.3, 0.4) is 0 Å². The molecule has 0 spiro atoms. The van der Waals surface area contributed by atoms with E-state index in [0.717, 1.165) is 12.8 Å². The van der Waals surface area contributed by atoms with Gasteiger partial charge in [0, 0.05) is 19.1 Å². The van der Waals surface area contributed by atoms with Gasteiger partial charge in [0.15, 0.2) is 0 Å². The molecule has 6 heteroatoms. The number of amides is 1. The number of nitro benzene ring substituents is 1. The van der Waals surface area contributed by atoms with Gasteiger partial charge < -0.3 is 10.2 Å². The van der Waals surface area contributed by atoms with E-state index in [1.165, 1.54) is 6.07 Å². The molecule has 0 unspecified atom stereocenters. The van der Waals surface area contributed by atoms with Crippen LogP contribution >= 0.6 is 0 Å². The molecule has 20 heavy (non-hydrogen) atoms. The zero-order valence-corrected chi connectivity index (χ0v) is 12.0. The highest BCUT2D eigenvalue weighted by Gasteiger charge is 2.38. The molecule has 0 aromatic heterocycles. The number of anilines is 1. The van der Waals surface area contributed by atoms with Gasteiger partial charge in [0.2, 0.25) is 0 Å². The van der Waals surface area contributed by atoms with Crippen LogP contribution in [-0.4, -0.2) is 34.9 Å². The number of benzene rings is 1. The Kier molecular flexibility index (Phi) is 3.65. The van der Waals surface area contributed by atoms with E-state index in [1.807, 2.05) is 13.8 Å². The number of para-hydroxylation sites is 1. The minimum atomic E-state index is -0.498. The number of carbonyl (C=O) groups excluding carboxylic acids is 1. The van der Waals surface area contributed by atoms with Crippen LogP contribution in [0.25, 0.3) is 0 Å². The van der Waals surface area contributed by atoms with Gasteiger partial charge in [-0.05, 0) is 38.8 Å². The number of hydrogen-bond donors (Lipinski definition) is 1. The monoisotopic (exact) mass is 277 g/mol. The molecule has 0 radical (unpaired) electrons. The fraction of sp³-hybridized carbons (Fsp3) is 0.500. The van der Waals surface area contributed by atoms with Crippen LogP contribution in [0.15, 0.2) is 18.2 Å². The summed E-state index contributed by atoms with van der Waals surface area (Å²) in [7, 11) is 1.61. The van der Waals surface area contributed by atoms with E-state index in [1.54, 1.807) is 24.1 Å². The van der Waals surface area contributed by atoms with Crippen molar-refractivity contribution in [1.82, 2.24) is 4.90 Å². The third kappa shape index (κ3) is 2.33. The van der Waals surface area contributed by atoms with Crippen molar-refractivity contribution >= 4 is 17.3 Å². The van der Waals surface area contributed by atoms with Crippen LogP contribution in [0, 0.1) is 10.1 Å². The first-order chi connectivity index (χ1) is 9.38. The maximum absolute atomic E-state index is 12.6. The number of nitro groups is 1. The van der Waals surface area contributed by atoms with Crippen molar-refractivity contribution in [3.8, 4) is 0 Å². The van der Waals surface area contributed by atoms with Crippen molar-refractivity contribution < 1.29 is 9.72 Å². The second-order valence-electron chi connectivity index (χ2n) is 5.58. The van der Waals surface area contributed by atoms with E-state index in [4.69, 9.17) is 0 Å². The number of nitrogens with one attached hydrogen (secondary N) is 1. The average Bonchev–Trinajstić information content (AvgIpc) is 2.76. The van der Waals surface area contributed by atoms with Crippen molar-refractivity contribution in [2.45, 2.75) is 32.2 Å². The van der Waals surface area contributed by atoms with Gasteiger partial charge >= 0.3 is 5.69 Å². The number of rotatable bonds is 3. The van der Waals surface area contributed by atoms with Gasteiger partial charge in [0.25, 0.3) is 5.91 Å². The quantitative estimate of drug-likeness (QED) is 0.680. The van der Waals surface area contributed by atoms with E-state index in [9.17, 15) is 14.9 Å². The number of nitrogens with zero attached hydrogens (tertiary/aromatic N) is 2. The fourth-order valence-corrected chi connectivity index (χ4v) is 2.74. The molecule has 108 valence electrons. The minimum Gasteiger partial charge on any atom is -0.383 e. The Morgan fingerprint density at radius 3 is 2.65 bits per heavy atom. The predicted octanol–water partition coefficient (Wildman–Crippen LogP) is 2.65. The summed E-state index contributed by atoms with van der Waals surface area (Å²) in [6, 6.07) is 4.79. The summed E-state index contributed by atoms with van der Waals surface area (Å²) in [4.78, 5) is 25.2. The lowest BCUT2D eigenvalue weighted by molar-refractivity contribution is -0.384. The molecule has 1 heterocycles. The van der Waals surface area contributed by atoms with Gasteiger partial charge in [-0.25, -0.2) is 0 Å². The van der Waals surface area contributed by atoms with Crippen molar-refractivity contribution in [2.24, 2.45) is 0 Å². The zero-order valence-electron chi connectivity index (χ0n) is 12.0. The van der Waals surface area contributed by atoms with Crippen LogP contribution < -0.4 is 5.32 Å². The van der Waals surface area contributed by atoms with E-state index >= 15 is 0 Å². The summed E-state index contributed by atoms with van der Waals surface area (Å²) >= 11 is 0. The molecule has 0 aliphatic carbocycles. The highest BCUT2D eigenvalue weighted by Crippen LogP contribution is 2.34. The van der Waals surface area contributed by atoms with Gasteiger partial charge in [-0.2, -0.15) is 0 Å². The molecule has 6 nitrogen and oxygen atoms in total. The molecule has 1 saturated heterocycles. The normalized spacial score (nSPS) is 17.1. The molecule has 1 aliphatic heterocycles. The first-order valence-electron chi connectivity index (χ1n) is 6.65. The Labute approximate surface area is 117 Å². The average molecular weight is 277 g/mol. The second-order valence-corrected chi connectivity index (χ2v) is 5.58. The highest BCUT2D eigenvalue weighted by atomic mass is 16.6. The van der Waals surface area contributed by atoms with E-state index in [2.05, 4.69) is 5.32 Å².